The first-order valence-electron chi connectivity index (χ1n) is 14.8. The molecule has 0 saturated heterocycles. The van der Waals surface area contributed by atoms with Crippen LogP contribution in [-0.4, -0.2) is 6.21 Å². The maximum absolute atomic E-state index is 14.5. The number of benzene rings is 4. The highest BCUT2D eigenvalue weighted by atomic mass is 19.1. The monoisotopic (exact) mass is 537 g/mol. The van der Waals surface area contributed by atoms with Gasteiger partial charge >= 0.3 is 0 Å². The lowest BCUT2D eigenvalue weighted by molar-refractivity contribution is 0.544. The van der Waals surface area contributed by atoms with Crippen molar-refractivity contribution in [3.63, 3.8) is 0 Å². The van der Waals surface area contributed by atoms with E-state index < -0.39 is 0 Å². The fraction of sp³-hybridized carbons (Fsp3) is 0.342. The van der Waals surface area contributed by atoms with Crippen LogP contribution in [0.25, 0.3) is 11.1 Å². The van der Waals surface area contributed by atoms with Crippen molar-refractivity contribution in [2.45, 2.75) is 79.6 Å². The average molecular weight is 538 g/mol. The lowest BCUT2D eigenvalue weighted by Crippen LogP contribution is -1.96. The Hall–Kier alpha value is -3.52. The number of nitrogens with one attached hydrogen (secondary N) is 1. The van der Waals surface area contributed by atoms with Crippen LogP contribution in [0.4, 0.5) is 4.39 Å². The fourth-order valence-electron chi connectivity index (χ4n) is 4.39. The Morgan fingerprint density at radius 3 is 1.68 bits per heavy atom. The molecule has 0 aliphatic heterocycles. The van der Waals surface area contributed by atoms with Crippen molar-refractivity contribution >= 4 is 6.21 Å². The normalized spacial score (nSPS) is 10.4. The highest BCUT2D eigenvalue weighted by Crippen LogP contribution is 2.28. The van der Waals surface area contributed by atoms with Gasteiger partial charge in [-0.1, -0.05) is 151 Å². The summed E-state index contributed by atoms with van der Waals surface area (Å²) in [4.78, 5) is 0. The second-order valence-corrected chi connectivity index (χ2v) is 10.5. The van der Waals surface area contributed by atoms with Gasteiger partial charge in [-0.05, 0) is 58.9 Å². The van der Waals surface area contributed by atoms with Crippen LogP contribution in [0.15, 0.2) is 97.1 Å². The lowest BCUT2D eigenvalue weighted by Gasteiger charge is -2.11. The molecule has 0 heterocycles. The van der Waals surface area contributed by atoms with Crippen LogP contribution in [0.5, 0.6) is 0 Å². The first-order valence-corrected chi connectivity index (χ1v) is 14.8. The van der Waals surface area contributed by atoms with Gasteiger partial charge in [-0.3, -0.25) is 0 Å². The minimum atomic E-state index is -0.115. The van der Waals surface area contributed by atoms with E-state index >= 15 is 0 Å². The molecule has 4 rings (SSSR count). The Bertz CT molecular complexity index is 1200. The summed E-state index contributed by atoms with van der Waals surface area (Å²) in [5, 5.41) is 7.10. The van der Waals surface area contributed by atoms with Gasteiger partial charge in [0.25, 0.3) is 0 Å². The van der Waals surface area contributed by atoms with Gasteiger partial charge in [-0.15, -0.1) is 0 Å². The molecule has 2 heteroatoms. The SMILES string of the molecule is CC(c1ccccc1)c1ccccc1.CCC(C)CC.CCCc1ccc(-c2ccc(CC=N)cc2)c(F)c1C. The topological polar surface area (TPSA) is 23.9 Å². The van der Waals surface area contributed by atoms with Gasteiger partial charge < -0.3 is 5.41 Å². The van der Waals surface area contributed by atoms with Crippen molar-refractivity contribution in [2.75, 3.05) is 0 Å². The number of aryl methyl sites for hydroxylation is 1. The molecule has 0 radical (unpaired) electrons. The van der Waals surface area contributed by atoms with Crippen molar-refractivity contribution in [2.24, 2.45) is 5.92 Å². The summed E-state index contributed by atoms with van der Waals surface area (Å²) in [6, 6.07) is 32.9. The van der Waals surface area contributed by atoms with Crippen LogP contribution < -0.4 is 0 Å². The molecule has 0 spiro atoms. The molecule has 0 fully saturated rings. The van der Waals surface area contributed by atoms with E-state index in [0.29, 0.717) is 17.9 Å². The average Bonchev–Trinajstić information content (AvgIpc) is 3.01. The Kier molecular flexibility index (Phi) is 14.7. The van der Waals surface area contributed by atoms with Gasteiger partial charge in [0.2, 0.25) is 0 Å². The molecule has 0 atom stereocenters. The summed E-state index contributed by atoms with van der Waals surface area (Å²) < 4.78 is 14.5. The quantitative estimate of drug-likeness (QED) is 0.205. The molecular weight excluding hydrogens is 489 g/mol. The standard InChI is InChI=1S/C18H20FN.C14H14.C6H14/c1-3-4-15-9-10-17(18(19)13(15)2)16-7-5-14(6-8-16)11-12-20;1-12(13-8-4-2-5-9-13)14-10-6-3-7-11-14;1-4-6(3)5-2/h5-10,12,20H,3-4,11H2,1-2H3;2-12H,1H3;6H,4-5H2,1-3H3. The molecule has 1 nitrogen and oxygen atoms in total. The van der Waals surface area contributed by atoms with E-state index in [2.05, 4.69) is 95.3 Å². The summed E-state index contributed by atoms with van der Waals surface area (Å²) >= 11 is 0. The highest BCUT2D eigenvalue weighted by Gasteiger charge is 2.11. The molecule has 0 unspecified atom stereocenters. The third-order valence-electron chi connectivity index (χ3n) is 7.61. The second-order valence-electron chi connectivity index (χ2n) is 10.5. The van der Waals surface area contributed by atoms with E-state index in [1.807, 2.05) is 43.3 Å². The minimum absolute atomic E-state index is 0.115. The summed E-state index contributed by atoms with van der Waals surface area (Å²) in [6.45, 7) is 12.9. The third-order valence-corrected chi connectivity index (χ3v) is 7.61. The van der Waals surface area contributed by atoms with Crippen molar-refractivity contribution in [3.05, 3.63) is 131 Å². The Balaban J connectivity index is 0.000000242. The smallest absolute Gasteiger partial charge is 0.134 e. The van der Waals surface area contributed by atoms with E-state index in [-0.39, 0.29) is 5.82 Å². The molecule has 0 aromatic heterocycles. The Morgan fingerprint density at radius 1 is 0.725 bits per heavy atom. The Morgan fingerprint density at radius 2 is 1.25 bits per heavy atom. The molecule has 0 amide bonds. The van der Waals surface area contributed by atoms with Crippen LogP contribution >= 0.6 is 0 Å². The second kappa shape index (κ2) is 17.9. The maximum Gasteiger partial charge on any atom is 0.134 e. The molecule has 40 heavy (non-hydrogen) atoms. The van der Waals surface area contributed by atoms with E-state index in [4.69, 9.17) is 5.41 Å². The van der Waals surface area contributed by atoms with E-state index in [1.54, 1.807) is 0 Å². The fourth-order valence-corrected chi connectivity index (χ4v) is 4.39. The number of hydrogen-bond donors (Lipinski definition) is 1. The summed E-state index contributed by atoms with van der Waals surface area (Å²) in [6.07, 6.45) is 6.60. The molecule has 4 aromatic rings. The van der Waals surface area contributed by atoms with Crippen molar-refractivity contribution in [1.29, 1.82) is 5.41 Å². The Labute approximate surface area is 243 Å². The van der Waals surface area contributed by atoms with E-state index in [9.17, 15) is 4.39 Å². The van der Waals surface area contributed by atoms with Crippen LogP contribution in [-0.2, 0) is 12.8 Å². The van der Waals surface area contributed by atoms with Crippen LogP contribution in [0.1, 0.15) is 87.6 Å². The summed E-state index contributed by atoms with van der Waals surface area (Å²) in [5.41, 5.74) is 7.22. The molecule has 4 aromatic carbocycles. The van der Waals surface area contributed by atoms with Gasteiger partial charge in [-0.2, -0.15) is 0 Å². The molecule has 0 saturated carbocycles. The first kappa shape index (κ1) is 32.7. The first-order chi connectivity index (χ1) is 19.4. The minimum Gasteiger partial charge on any atom is -0.313 e. The van der Waals surface area contributed by atoms with E-state index in [1.165, 1.54) is 30.2 Å². The number of rotatable bonds is 9. The maximum atomic E-state index is 14.5. The van der Waals surface area contributed by atoms with Gasteiger partial charge in [0, 0.05) is 17.9 Å². The van der Waals surface area contributed by atoms with Crippen LogP contribution in [0, 0.1) is 24.1 Å². The molecule has 0 aliphatic rings. The van der Waals surface area contributed by atoms with Gasteiger partial charge in [0.1, 0.15) is 5.82 Å². The van der Waals surface area contributed by atoms with E-state index in [0.717, 1.165) is 41.0 Å². The zero-order chi connectivity index (χ0) is 29.3. The summed E-state index contributed by atoms with van der Waals surface area (Å²) in [7, 11) is 0. The van der Waals surface area contributed by atoms with Gasteiger partial charge in [0.15, 0.2) is 0 Å². The number of halogens is 1. The van der Waals surface area contributed by atoms with Crippen molar-refractivity contribution < 1.29 is 4.39 Å². The molecule has 0 bridgehead atoms. The molecule has 212 valence electrons. The predicted octanol–water partition coefficient (Wildman–Crippen LogP) is 11.2. The van der Waals surface area contributed by atoms with Crippen molar-refractivity contribution in [3.8, 4) is 11.1 Å². The predicted molar refractivity (Wildman–Crippen MR) is 173 cm³/mol. The lowest BCUT2D eigenvalue weighted by atomic mass is 9.93. The van der Waals surface area contributed by atoms with Crippen LogP contribution in [0.3, 0.4) is 0 Å². The van der Waals surface area contributed by atoms with Gasteiger partial charge in [-0.25, -0.2) is 4.39 Å². The molecular formula is C38H48FN. The third kappa shape index (κ3) is 10.2. The number of hydrogen-bond acceptors (Lipinski definition) is 1. The highest BCUT2D eigenvalue weighted by molar-refractivity contribution is 5.67. The van der Waals surface area contributed by atoms with Crippen LogP contribution in [0.2, 0.25) is 0 Å². The summed E-state index contributed by atoms with van der Waals surface area (Å²) in [5.74, 6) is 1.30. The largest absolute Gasteiger partial charge is 0.313 e. The zero-order valence-electron chi connectivity index (χ0n) is 25.4. The van der Waals surface area contributed by atoms with Gasteiger partial charge in [0.05, 0.1) is 0 Å². The molecule has 0 aliphatic carbocycles. The van der Waals surface area contributed by atoms with Crippen molar-refractivity contribution in [1.82, 2.24) is 0 Å². The molecule has 1 N–H and O–H groups in total. The zero-order valence-corrected chi connectivity index (χ0v) is 25.4.